The summed E-state index contributed by atoms with van der Waals surface area (Å²) in [6.07, 6.45) is 0.320. The van der Waals surface area contributed by atoms with Crippen LogP contribution in [0.25, 0.3) is 0 Å². The Bertz CT molecular complexity index is 317. The molecule has 0 heterocycles. The van der Waals surface area contributed by atoms with Crippen LogP contribution in [-0.2, 0) is 6.42 Å². The number of hydrogen-bond donors (Lipinski definition) is 1. The quantitative estimate of drug-likeness (QED) is 0.716. The molecule has 3 heteroatoms. The summed E-state index contributed by atoms with van der Waals surface area (Å²) < 4.78 is 12.9. The Labute approximate surface area is 69.9 Å². The van der Waals surface area contributed by atoms with Crippen LogP contribution < -0.4 is 0 Å². The van der Waals surface area contributed by atoms with Crippen LogP contribution in [0.4, 0.5) is 4.39 Å². The lowest BCUT2D eigenvalue weighted by Gasteiger charge is -2.00. The Morgan fingerprint density at radius 1 is 1.50 bits per heavy atom. The number of benzene rings is 1. The van der Waals surface area contributed by atoms with Crippen LogP contribution in [0.5, 0.6) is 0 Å². The monoisotopic (exact) mass is 165 g/mol. The maximum atomic E-state index is 12.9. The summed E-state index contributed by atoms with van der Waals surface area (Å²) in [6.45, 7) is -0.0713. The molecule has 0 saturated carbocycles. The summed E-state index contributed by atoms with van der Waals surface area (Å²) in [6, 6.07) is 6.16. The van der Waals surface area contributed by atoms with E-state index in [4.69, 9.17) is 10.4 Å². The number of nitrogens with zero attached hydrogens (tertiary/aromatic N) is 1. The van der Waals surface area contributed by atoms with E-state index in [1.165, 1.54) is 12.1 Å². The molecule has 1 rings (SSSR count). The molecule has 0 aliphatic heterocycles. The number of hydrogen-bond acceptors (Lipinski definition) is 2. The molecular formula is C9H8FNO. The van der Waals surface area contributed by atoms with E-state index in [0.29, 0.717) is 12.0 Å². The Hall–Kier alpha value is -1.40. The third kappa shape index (κ3) is 1.60. The Kier molecular flexibility index (Phi) is 2.78. The molecule has 0 atom stereocenters. The standard InChI is InChI=1S/C9H8FNO/c10-9-3-1-2-7(4-5-12)8(9)6-11/h1-3,12H,4-5H2. The van der Waals surface area contributed by atoms with Gasteiger partial charge in [-0.05, 0) is 18.1 Å². The molecule has 0 radical (unpaired) electrons. The van der Waals surface area contributed by atoms with Gasteiger partial charge in [-0.15, -0.1) is 0 Å². The minimum atomic E-state index is -0.525. The van der Waals surface area contributed by atoms with E-state index in [9.17, 15) is 4.39 Å². The maximum Gasteiger partial charge on any atom is 0.141 e. The smallest absolute Gasteiger partial charge is 0.141 e. The molecule has 0 aliphatic rings. The highest BCUT2D eigenvalue weighted by Crippen LogP contribution is 2.12. The Morgan fingerprint density at radius 3 is 2.83 bits per heavy atom. The Morgan fingerprint density at radius 2 is 2.25 bits per heavy atom. The first-order chi connectivity index (χ1) is 5.79. The first-order valence-electron chi connectivity index (χ1n) is 3.58. The zero-order valence-corrected chi connectivity index (χ0v) is 6.42. The molecule has 1 N–H and O–H groups in total. The van der Waals surface area contributed by atoms with Crippen molar-refractivity contribution in [1.82, 2.24) is 0 Å². The Balaban J connectivity index is 3.11. The van der Waals surface area contributed by atoms with Crippen molar-refractivity contribution in [3.05, 3.63) is 35.1 Å². The van der Waals surface area contributed by atoms with Gasteiger partial charge in [0.15, 0.2) is 0 Å². The van der Waals surface area contributed by atoms with Crippen molar-refractivity contribution in [1.29, 1.82) is 5.26 Å². The van der Waals surface area contributed by atoms with Gasteiger partial charge in [0.05, 0.1) is 5.56 Å². The fraction of sp³-hybridized carbons (Fsp3) is 0.222. The summed E-state index contributed by atoms with van der Waals surface area (Å²) in [5.74, 6) is -0.525. The lowest BCUT2D eigenvalue weighted by molar-refractivity contribution is 0.299. The number of rotatable bonds is 2. The molecule has 0 bridgehead atoms. The normalized spacial score (nSPS) is 9.42. The average Bonchev–Trinajstić information content (AvgIpc) is 2.05. The summed E-state index contributed by atoms with van der Waals surface area (Å²) in [5, 5.41) is 17.2. The number of aliphatic hydroxyl groups excluding tert-OH is 1. The van der Waals surface area contributed by atoms with E-state index in [0.717, 1.165) is 0 Å². The molecule has 12 heavy (non-hydrogen) atoms. The first kappa shape index (κ1) is 8.69. The van der Waals surface area contributed by atoms with Gasteiger partial charge in [-0.2, -0.15) is 5.26 Å². The highest BCUT2D eigenvalue weighted by Gasteiger charge is 2.05. The summed E-state index contributed by atoms with van der Waals surface area (Å²) in [4.78, 5) is 0. The number of nitriles is 1. The van der Waals surface area contributed by atoms with Crippen molar-refractivity contribution in [3.63, 3.8) is 0 Å². The van der Waals surface area contributed by atoms with Gasteiger partial charge in [0, 0.05) is 6.61 Å². The lowest BCUT2D eigenvalue weighted by atomic mass is 10.1. The van der Waals surface area contributed by atoms with Gasteiger partial charge in [0.25, 0.3) is 0 Å². The van der Waals surface area contributed by atoms with E-state index in [2.05, 4.69) is 0 Å². The van der Waals surface area contributed by atoms with Gasteiger partial charge in [0.1, 0.15) is 11.9 Å². The van der Waals surface area contributed by atoms with Crippen LogP contribution in [0.15, 0.2) is 18.2 Å². The fourth-order valence-electron chi connectivity index (χ4n) is 1.02. The van der Waals surface area contributed by atoms with E-state index in [1.807, 2.05) is 0 Å². The van der Waals surface area contributed by atoms with Crippen LogP contribution in [0.3, 0.4) is 0 Å². The van der Waals surface area contributed by atoms with Gasteiger partial charge in [-0.3, -0.25) is 0 Å². The zero-order chi connectivity index (χ0) is 8.97. The zero-order valence-electron chi connectivity index (χ0n) is 6.42. The van der Waals surface area contributed by atoms with Crippen molar-refractivity contribution >= 4 is 0 Å². The molecule has 0 unspecified atom stereocenters. The van der Waals surface area contributed by atoms with Crippen LogP contribution in [0.1, 0.15) is 11.1 Å². The molecule has 2 nitrogen and oxygen atoms in total. The highest BCUT2D eigenvalue weighted by atomic mass is 19.1. The first-order valence-corrected chi connectivity index (χ1v) is 3.58. The largest absolute Gasteiger partial charge is 0.396 e. The predicted molar refractivity (Wildman–Crippen MR) is 41.9 cm³/mol. The van der Waals surface area contributed by atoms with E-state index < -0.39 is 5.82 Å². The molecule has 62 valence electrons. The number of aliphatic hydroxyl groups is 1. The molecular weight excluding hydrogens is 157 g/mol. The van der Waals surface area contributed by atoms with E-state index >= 15 is 0 Å². The topological polar surface area (TPSA) is 44.0 Å². The molecule has 0 spiro atoms. The van der Waals surface area contributed by atoms with Crippen LogP contribution >= 0.6 is 0 Å². The summed E-state index contributed by atoms with van der Waals surface area (Å²) in [5.41, 5.74) is 0.589. The fourth-order valence-corrected chi connectivity index (χ4v) is 1.02. The van der Waals surface area contributed by atoms with Crippen molar-refractivity contribution < 1.29 is 9.50 Å². The summed E-state index contributed by atoms with van der Waals surface area (Å²) >= 11 is 0. The van der Waals surface area contributed by atoms with E-state index in [-0.39, 0.29) is 12.2 Å². The number of halogens is 1. The van der Waals surface area contributed by atoms with Crippen molar-refractivity contribution in [2.45, 2.75) is 6.42 Å². The minimum absolute atomic E-state index is 0.0338. The minimum Gasteiger partial charge on any atom is -0.396 e. The van der Waals surface area contributed by atoms with Gasteiger partial charge in [-0.1, -0.05) is 12.1 Å². The van der Waals surface area contributed by atoms with Crippen LogP contribution in [-0.4, -0.2) is 11.7 Å². The van der Waals surface area contributed by atoms with Crippen molar-refractivity contribution in [2.24, 2.45) is 0 Å². The second-order valence-corrected chi connectivity index (χ2v) is 2.36. The molecule has 1 aromatic rings. The van der Waals surface area contributed by atoms with Gasteiger partial charge < -0.3 is 5.11 Å². The molecule has 0 aliphatic carbocycles. The second-order valence-electron chi connectivity index (χ2n) is 2.36. The van der Waals surface area contributed by atoms with Crippen molar-refractivity contribution in [3.8, 4) is 6.07 Å². The maximum absolute atomic E-state index is 12.9. The molecule has 0 fully saturated rings. The van der Waals surface area contributed by atoms with E-state index in [1.54, 1.807) is 12.1 Å². The molecule has 1 aromatic carbocycles. The molecule has 0 saturated heterocycles. The van der Waals surface area contributed by atoms with Crippen LogP contribution in [0, 0.1) is 17.1 Å². The average molecular weight is 165 g/mol. The van der Waals surface area contributed by atoms with Gasteiger partial charge in [-0.25, -0.2) is 4.39 Å². The SMILES string of the molecule is N#Cc1c(F)cccc1CCO. The third-order valence-electron chi connectivity index (χ3n) is 1.59. The lowest BCUT2D eigenvalue weighted by Crippen LogP contribution is -1.96. The summed E-state index contributed by atoms with van der Waals surface area (Å²) in [7, 11) is 0. The molecule has 0 aromatic heterocycles. The second kappa shape index (κ2) is 3.84. The predicted octanol–water partition coefficient (Wildman–Crippen LogP) is 1.23. The van der Waals surface area contributed by atoms with Gasteiger partial charge in [0.2, 0.25) is 0 Å². The van der Waals surface area contributed by atoms with Crippen molar-refractivity contribution in [2.75, 3.05) is 6.61 Å². The third-order valence-corrected chi connectivity index (χ3v) is 1.59. The highest BCUT2D eigenvalue weighted by molar-refractivity contribution is 5.38. The van der Waals surface area contributed by atoms with Gasteiger partial charge >= 0.3 is 0 Å². The van der Waals surface area contributed by atoms with Crippen LogP contribution in [0.2, 0.25) is 0 Å². The molecule has 0 amide bonds.